The van der Waals surface area contributed by atoms with Gasteiger partial charge in [0.2, 0.25) is 0 Å². The number of rotatable bonds is 5. The molecule has 0 aliphatic rings. The molecule has 0 aromatic heterocycles. The Morgan fingerprint density at radius 3 is 2.80 bits per heavy atom. The molecule has 1 unspecified atom stereocenters. The lowest BCUT2D eigenvalue weighted by atomic mass is 10.0. The lowest BCUT2D eigenvalue weighted by molar-refractivity contribution is -0.120. The minimum absolute atomic E-state index is 0.0160. The van der Waals surface area contributed by atoms with Crippen molar-refractivity contribution in [3.8, 4) is 0 Å². The average molecular weight is 206 g/mol. The minimum atomic E-state index is 0.0160. The summed E-state index contributed by atoms with van der Waals surface area (Å²) in [5, 5.41) is 0. The standard InChI is InChI=1S/C13H18O2/c1-10-5-4-6-12(7-10)9-13(14)8-11(2)15-3/h4-7,11H,8-9H2,1-3H3. The number of methoxy groups -OCH3 is 1. The molecule has 0 N–H and O–H groups in total. The highest BCUT2D eigenvalue weighted by atomic mass is 16.5. The maximum Gasteiger partial charge on any atom is 0.139 e. The first-order valence-electron chi connectivity index (χ1n) is 5.22. The molecule has 0 radical (unpaired) electrons. The van der Waals surface area contributed by atoms with Crippen molar-refractivity contribution in [3.63, 3.8) is 0 Å². The molecule has 15 heavy (non-hydrogen) atoms. The van der Waals surface area contributed by atoms with Gasteiger partial charge in [0.05, 0.1) is 6.10 Å². The smallest absolute Gasteiger partial charge is 0.139 e. The van der Waals surface area contributed by atoms with Gasteiger partial charge in [-0.3, -0.25) is 4.79 Å². The average Bonchev–Trinajstić information content (AvgIpc) is 2.17. The Labute approximate surface area is 91.3 Å². The maximum absolute atomic E-state index is 11.6. The summed E-state index contributed by atoms with van der Waals surface area (Å²) >= 11 is 0. The van der Waals surface area contributed by atoms with Gasteiger partial charge in [-0.05, 0) is 19.4 Å². The molecule has 82 valence electrons. The van der Waals surface area contributed by atoms with Crippen molar-refractivity contribution in [3.05, 3.63) is 35.4 Å². The highest BCUT2D eigenvalue weighted by Crippen LogP contribution is 2.07. The zero-order chi connectivity index (χ0) is 11.3. The summed E-state index contributed by atoms with van der Waals surface area (Å²) in [6, 6.07) is 8.06. The largest absolute Gasteiger partial charge is 0.381 e. The van der Waals surface area contributed by atoms with Crippen LogP contribution in [0.1, 0.15) is 24.5 Å². The van der Waals surface area contributed by atoms with E-state index in [1.807, 2.05) is 32.0 Å². The van der Waals surface area contributed by atoms with Gasteiger partial charge in [-0.1, -0.05) is 29.8 Å². The van der Waals surface area contributed by atoms with Crippen LogP contribution >= 0.6 is 0 Å². The molecular formula is C13H18O2. The first-order chi connectivity index (χ1) is 7.11. The quantitative estimate of drug-likeness (QED) is 0.740. The summed E-state index contributed by atoms with van der Waals surface area (Å²) in [6.07, 6.45) is 1.02. The van der Waals surface area contributed by atoms with Crippen molar-refractivity contribution in [1.82, 2.24) is 0 Å². The number of ether oxygens (including phenoxy) is 1. The Hall–Kier alpha value is -1.15. The number of carbonyl (C=O) groups is 1. The van der Waals surface area contributed by atoms with E-state index in [9.17, 15) is 4.79 Å². The number of hydrogen-bond donors (Lipinski definition) is 0. The zero-order valence-electron chi connectivity index (χ0n) is 9.62. The molecule has 0 aliphatic heterocycles. The molecule has 1 atom stereocenters. The van der Waals surface area contributed by atoms with Crippen LogP contribution in [-0.4, -0.2) is 19.0 Å². The van der Waals surface area contributed by atoms with E-state index >= 15 is 0 Å². The second-order valence-corrected chi connectivity index (χ2v) is 3.95. The number of aryl methyl sites for hydroxylation is 1. The fourth-order valence-electron chi connectivity index (χ4n) is 1.53. The summed E-state index contributed by atoms with van der Waals surface area (Å²) in [5.41, 5.74) is 2.28. The van der Waals surface area contributed by atoms with Gasteiger partial charge < -0.3 is 4.74 Å². The number of Topliss-reactive ketones (excluding diaryl/α,β-unsaturated/α-hetero) is 1. The minimum Gasteiger partial charge on any atom is -0.381 e. The molecule has 0 saturated carbocycles. The number of hydrogen-bond acceptors (Lipinski definition) is 2. The summed E-state index contributed by atoms with van der Waals surface area (Å²) < 4.78 is 5.06. The number of ketones is 1. The monoisotopic (exact) mass is 206 g/mol. The molecule has 0 bridgehead atoms. The van der Waals surface area contributed by atoms with Crippen LogP contribution in [0.5, 0.6) is 0 Å². The van der Waals surface area contributed by atoms with Gasteiger partial charge in [0, 0.05) is 20.0 Å². The molecule has 0 saturated heterocycles. The summed E-state index contributed by atoms with van der Waals surface area (Å²) in [7, 11) is 1.63. The number of benzene rings is 1. The van der Waals surface area contributed by atoms with Gasteiger partial charge in [-0.2, -0.15) is 0 Å². The van der Waals surface area contributed by atoms with Crippen LogP contribution in [0.25, 0.3) is 0 Å². The molecule has 1 aromatic rings. The van der Waals surface area contributed by atoms with E-state index in [2.05, 4.69) is 6.07 Å². The van der Waals surface area contributed by atoms with Gasteiger partial charge in [0.15, 0.2) is 0 Å². The van der Waals surface area contributed by atoms with E-state index in [0.717, 1.165) is 5.56 Å². The maximum atomic E-state index is 11.6. The van der Waals surface area contributed by atoms with Crippen LogP contribution in [0.2, 0.25) is 0 Å². The van der Waals surface area contributed by atoms with E-state index < -0.39 is 0 Å². The highest BCUT2D eigenvalue weighted by Gasteiger charge is 2.08. The van der Waals surface area contributed by atoms with Crippen LogP contribution in [0.3, 0.4) is 0 Å². The molecule has 2 heteroatoms. The second kappa shape index (κ2) is 5.66. The lowest BCUT2D eigenvalue weighted by Crippen LogP contribution is -2.13. The molecule has 1 aromatic carbocycles. The van der Waals surface area contributed by atoms with Gasteiger partial charge in [-0.15, -0.1) is 0 Å². The van der Waals surface area contributed by atoms with Crippen molar-refractivity contribution in [1.29, 1.82) is 0 Å². The van der Waals surface area contributed by atoms with E-state index in [-0.39, 0.29) is 11.9 Å². The summed E-state index contributed by atoms with van der Waals surface area (Å²) in [6.45, 7) is 3.94. The van der Waals surface area contributed by atoms with E-state index in [4.69, 9.17) is 4.74 Å². The SMILES string of the molecule is COC(C)CC(=O)Cc1cccc(C)c1. The Kier molecular flexibility index (Phi) is 4.50. The van der Waals surface area contributed by atoms with Crippen LogP contribution < -0.4 is 0 Å². The molecule has 1 rings (SSSR count). The third-order valence-corrected chi connectivity index (χ3v) is 2.40. The molecule has 0 aliphatic carbocycles. The fraction of sp³-hybridized carbons (Fsp3) is 0.462. The van der Waals surface area contributed by atoms with Gasteiger partial charge >= 0.3 is 0 Å². The Bertz CT molecular complexity index is 331. The Morgan fingerprint density at radius 2 is 2.20 bits per heavy atom. The first-order valence-corrected chi connectivity index (χ1v) is 5.22. The van der Waals surface area contributed by atoms with Crippen LogP contribution in [0.15, 0.2) is 24.3 Å². The molecule has 0 heterocycles. The first kappa shape index (κ1) is 11.9. The van der Waals surface area contributed by atoms with E-state index in [0.29, 0.717) is 12.8 Å². The normalized spacial score (nSPS) is 12.5. The predicted octanol–water partition coefficient (Wildman–Crippen LogP) is 2.53. The fourth-order valence-corrected chi connectivity index (χ4v) is 1.53. The third-order valence-electron chi connectivity index (χ3n) is 2.40. The van der Waals surface area contributed by atoms with Gasteiger partial charge in [0.1, 0.15) is 5.78 Å². The number of carbonyl (C=O) groups excluding carboxylic acids is 1. The van der Waals surface area contributed by atoms with Crippen molar-refractivity contribution in [2.75, 3.05) is 7.11 Å². The summed E-state index contributed by atoms with van der Waals surface area (Å²) in [4.78, 5) is 11.6. The van der Waals surface area contributed by atoms with Crippen LogP contribution in [0, 0.1) is 6.92 Å². The molecular weight excluding hydrogens is 188 g/mol. The van der Waals surface area contributed by atoms with Crippen molar-refractivity contribution >= 4 is 5.78 Å². The lowest BCUT2D eigenvalue weighted by Gasteiger charge is -2.08. The van der Waals surface area contributed by atoms with E-state index in [1.54, 1.807) is 7.11 Å². The van der Waals surface area contributed by atoms with Crippen molar-refractivity contribution in [2.45, 2.75) is 32.8 Å². The third kappa shape index (κ3) is 4.26. The zero-order valence-corrected chi connectivity index (χ0v) is 9.62. The summed E-state index contributed by atoms with van der Waals surface area (Å²) in [5.74, 6) is 0.231. The van der Waals surface area contributed by atoms with Crippen molar-refractivity contribution in [2.24, 2.45) is 0 Å². The second-order valence-electron chi connectivity index (χ2n) is 3.95. The topological polar surface area (TPSA) is 26.3 Å². The van der Waals surface area contributed by atoms with E-state index in [1.165, 1.54) is 5.56 Å². The van der Waals surface area contributed by atoms with Crippen LogP contribution in [-0.2, 0) is 16.0 Å². The molecule has 0 amide bonds. The Balaban J connectivity index is 2.51. The Morgan fingerprint density at radius 1 is 1.47 bits per heavy atom. The van der Waals surface area contributed by atoms with Crippen LogP contribution in [0.4, 0.5) is 0 Å². The van der Waals surface area contributed by atoms with Gasteiger partial charge in [0.25, 0.3) is 0 Å². The molecule has 2 nitrogen and oxygen atoms in total. The van der Waals surface area contributed by atoms with Crippen molar-refractivity contribution < 1.29 is 9.53 Å². The molecule has 0 spiro atoms. The highest BCUT2D eigenvalue weighted by molar-refractivity contribution is 5.81. The predicted molar refractivity (Wildman–Crippen MR) is 61.0 cm³/mol. The molecule has 0 fully saturated rings. The van der Waals surface area contributed by atoms with Gasteiger partial charge in [-0.25, -0.2) is 0 Å².